The number of nitrogens with one attached hydrogen (secondary N) is 2. The van der Waals surface area contributed by atoms with Gasteiger partial charge in [0.1, 0.15) is 18.1 Å². The lowest BCUT2D eigenvalue weighted by Crippen LogP contribution is -2.32. The number of aromatic amines is 1. The van der Waals surface area contributed by atoms with E-state index < -0.39 is 0 Å². The Labute approximate surface area is 176 Å². The molecule has 0 saturated carbocycles. The molecule has 3 aromatic rings. The van der Waals surface area contributed by atoms with E-state index in [1.165, 1.54) is 0 Å². The Kier molecular flexibility index (Phi) is 6.02. The van der Waals surface area contributed by atoms with Gasteiger partial charge in [-0.3, -0.25) is 9.89 Å². The van der Waals surface area contributed by atoms with Gasteiger partial charge in [-0.2, -0.15) is 5.10 Å². The molecule has 1 aliphatic heterocycles. The number of anilines is 1. The van der Waals surface area contributed by atoms with Crippen molar-refractivity contribution in [2.24, 2.45) is 11.8 Å². The maximum atomic E-state index is 13.0. The Morgan fingerprint density at radius 2 is 2.13 bits per heavy atom. The molecule has 1 aliphatic rings. The molecule has 2 aromatic carbocycles. The maximum Gasteiger partial charge on any atom is 0.231 e. The molecular formula is C24H27N3O3. The van der Waals surface area contributed by atoms with Gasteiger partial charge in [-0.1, -0.05) is 38.1 Å². The monoisotopic (exact) mass is 405 g/mol. The van der Waals surface area contributed by atoms with Crippen molar-refractivity contribution in [2.45, 2.75) is 26.7 Å². The highest BCUT2D eigenvalue weighted by molar-refractivity contribution is 5.95. The molecule has 0 fully saturated rings. The van der Waals surface area contributed by atoms with Crippen molar-refractivity contribution in [3.63, 3.8) is 0 Å². The Balaban J connectivity index is 1.51. The smallest absolute Gasteiger partial charge is 0.231 e. The average molecular weight is 405 g/mol. The number of hydrogen-bond donors (Lipinski definition) is 2. The molecule has 0 aliphatic carbocycles. The van der Waals surface area contributed by atoms with E-state index in [4.69, 9.17) is 9.47 Å². The van der Waals surface area contributed by atoms with Gasteiger partial charge in [0.25, 0.3) is 0 Å². The number of H-pyrrole nitrogens is 1. The third-order valence-corrected chi connectivity index (χ3v) is 5.27. The van der Waals surface area contributed by atoms with Crippen molar-refractivity contribution in [3.05, 3.63) is 60.4 Å². The summed E-state index contributed by atoms with van der Waals surface area (Å²) in [5, 5.41) is 9.90. The average Bonchev–Trinajstić information content (AvgIpc) is 3.29. The van der Waals surface area contributed by atoms with Gasteiger partial charge < -0.3 is 14.8 Å². The van der Waals surface area contributed by atoms with Crippen LogP contribution in [0.15, 0.2) is 54.9 Å². The fraction of sp³-hybridized carbons (Fsp3) is 0.333. The van der Waals surface area contributed by atoms with E-state index in [1.54, 1.807) is 6.20 Å². The number of amides is 1. The summed E-state index contributed by atoms with van der Waals surface area (Å²) in [7, 11) is 0. The Morgan fingerprint density at radius 1 is 1.27 bits per heavy atom. The fourth-order valence-electron chi connectivity index (χ4n) is 3.47. The van der Waals surface area contributed by atoms with Crippen LogP contribution in [0, 0.1) is 11.8 Å². The Morgan fingerprint density at radius 3 is 2.93 bits per heavy atom. The highest BCUT2D eigenvalue weighted by Gasteiger charge is 2.26. The van der Waals surface area contributed by atoms with Crippen LogP contribution in [0.1, 0.15) is 25.8 Å². The first-order chi connectivity index (χ1) is 14.6. The summed E-state index contributed by atoms with van der Waals surface area (Å²) >= 11 is 0. The van der Waals surface area contributed by atoms with Gasteiger partial charge in [-0.25, -0.2) is 0 Å². The second-order valence-electron chi connectivity index (χ2n) is 8.04. The second kappa shape index (κ2) is 9.03. The van der Waals surface area contributed by atoms with E-state index in [9.17, 15) is 4.79 Å². The van der Waals surface area contributed by atoms with Crippen molar-refractivity contribution in [3.8, 4) is 22.6 Å². The molecule has 6 nitrogen and oxygen atoms in total. The number of para-hydroxylation sites is 1. The summed E-state index contributed by atoms with van der Waals surface area (Å²) in [6, 6.07) is 13.7. The van der Waals surface area contributed by atoms with E-state index in [1.807, 2.05) is 48.7 Å². The number of rotatable bonds is 7. The van der Waals surface area contributed by atoms with Crippen LogP contribution in [0.5, 0.6) is 11.5 Å². The molecule has 6 heteroatoms. The number of aromatic nitrogens is 2. The zero-order valence-electron chi connectivity index (χ0n) is 17.4. The normalized spacial score (nSPS) is 15.4. The first-order valence-corrected chi connectivity index (χ1v) is 10.4. The molecule has 1 aromatic heterocycles. The van der Waals surface area contributed by atoms with Gasteiger partial charge in [-0.15, -0.1) is 0 Å². The lowest BCUT2D eigenvalue weighted by atomic mass is 9.96. The lowest BCUT2D eigenvalue weighted by molar-refractivity contribution is -0.121. The number of nitrogens with zero attached hydrogens (tertiary/aromatic N) is 1. The van der Waals surface area contributed by atoms with Crippen molar-refractivity contribution in [2.75, 3.05) is 18.5 Å². The molecule has 4 rings (SSSR count). The quantitative estimate of drug-likeness (QED) is 0.598. The molecule has 0 radical (unpaired) electrons. The number of carbonyl (C=O) groups excluding carboxylic acids is 1. The molecule has 0 saturated heterocycles. The number of ether oxygens (including phenoxy) is 2. The third kappa shape index (κ3) is 4.64. The highest BCUT2D eigenvalue weighted by Crippen LogP contribution is 2.33. The first kappa shape index (κ1) is 20.0. The minimum Gasteiger partial charge on any atom is -0.492 e. The predicted octanol–water partition coefficient (Wildman–Crippen LogP) is 4.69. The standard InChI is InChI=1S/C24H27N3O3/c1-16(2)9-10-29-23-12-17(20-13-25-26-14-20)7-8-21(23)27-24(28)19-11-18-5-3-4-6-22(18)30-15-19/h3-8,12-14,16,19H,9-11,15H2,1-2H3,(H,25,26)(H,27,28). The summed E-state index contributed by atoms with van der Waals surface area (Å²) in [6.45, 7) is 5.29. The van der Waals surface area contributed by atoms with Crippen LogP contribution in [0.2, 0.25) is 0 Å². The maximum absolute atomic E-state index is 13.0. The van der Waals surface area contributed by atoms with Gasteiger partial charge in [0, 0.05) is 11.8 Å². The van der Waals surface area contributed by atoms with Gasteiger partial charge in [0.2, 0.25) is 5.91 Å². The molecule has 30 heavy (non-hydrogen) atoms. The molecule has 1 unspecified atom stereocenters. The second-order valence-corrected chi connectivity index (χ2v) is 8.04. The highest BCUT2D eigenvalue weighted by atomic mass is 16.5. The SMILES string of the molecule is CC(C)CCOc1cc(-c2cn[nH]c2)ccc1NC(=O)C1COc2ccccc2C1. The van der Waals surface area contributed by atoms with Crippen molar-refractivity contribution in [1.29, 1.82) is 0 Å². The summed E-state index contributed by atoms with van der Waals surface area (Å²) in [6.07, 6.45) is 5.21. The molecule has 1 atom stereocenters. The predicted molar refractivity (Wildman–Crippen MR) is 117 cm³/mol. The Hall–Kier alpha value is -3.28. The fourth-order valence-corrected chi connectivity index (χ4v) is 3.47. The van der Waals surface area contributed by atoms with E-state index >= 15 is 0 Å². The third-order valence-electron chi connectivity index (χ3n) is 5.27. The minimum absolute atomic E-state index is 0.0609. The number of hydrogen-bond acceptors (Lipinski definition) is 4. The van der Waals surface area contributed by atoms with Crippen LogP contribution in [-0.2, 0) is 11.2 Å². The topological polar surface area (TPSA) is 76.2 Å². The van der Waals surface area contributed by atoms with Crippen molar-refractivity contribution >= 4 is 11.6 Å². The summed E-state index contributed by atoms with van der Waals surface area (Å²) in [4.78, 5) is 13.0. The van der Waals surface area contributed by atoms with Crippen LogP contribution < -0.4 is 14.8 Å². The van der Waals surface area contributed by atoms with E-state index in [-0.39, 0.29) is 11.8 Å². The van der Waals surface area contributed by atoms with Gasteiger partial charge >= 0.3 is 0 Å². The van der Waals surface area contributed by atoms with E-state index in [0.717, 1.165) is 28.9 Å². The van der Waals surface area contributed by atoms with Crippen LogP contribution in [-0.4, -0.2) is 29.3 Å². The summed E-state index contributed by atoms with van der Waals surface area (Å²) < 4.78 is 11.8. The van der Waals surface area contributed by atoms with E-state index in [0.29, 0.717) is 37.0 Å². The van der Waals surface area contributed by atoms with Gasteiger partial charge in [-0.05, 0) is 48.1 Å². The Bertz CT molecular complexity index is 999. The zero-order valence-corrected chi connectivity index (χ0v) is 17.4. The molecule has 0 spiro atoms. The largest absolute Gasteiger partial charge is 0.492 e. The van der Waals surface area contributed by atoms with Gasteiger partial charge in [0.15, 0.2) is 0 Å². The molecule has 2 N–H and O–H groups in total. The van der Waals surface area contributed by atoms with Crippen LogP contribution in [0.3, 0.4) is 0 Å². The molecule has 2 heterocycles. The van der Waals surface area contributed by atoms with Crippen molar-refractivity contribution < 1.29 is 14.3 Å². The number of benzene rings is 2. The summed E-state index contributed by atoms with van der Waals surface area (Å²) in [5.74, 6) is 1.77. The molecule has 156 valence electrons. The zero-order chi connectivity index (χ0) is 20.9. The van der Waals surface area contributed by atoms with Crippen LogP contribution in [0.4, 0.5) is 5.69 Å². The summed E-state index contributed by atoms with van der Waals surface area (Å²) in [5.41, 5.74) is 3.69. The number of fused-ring (bicyclic) bond motifs is 1. The molecule has 1 amide bonds. The first-order valence-electron chi connectivity index (χ1n) is 10.4. The number of carbonyl (C=O) groups is 1. The van der Waals surface area contributed by atoms with Gasteiger partial charge in [0.05, 0.1) is 24.4 Å². The molecular weight excluding hydrogens is 378 g/mol. The lowest BCUT2D eigenvalue weighted by Gasteiger charge is -2.25. The minimum atomic E-state index is -0.239. The molecule has 0 bridgehead atoms. The van der Waals surface area contributed by atoms with Crippen LogP contribution >= 0.6 is 0 Å². The van der Waals surface area contributed by atoms with Crippen molar-refractivity contribution in [1.82, 2.24) is 10.2 Å². The van der Waals surface area contributed by atoms with E-state index in [2.05, 4.69) is 29.4 Å². The van der Waals surface area contributed by atoms with Crippen LogP contribution in [0.25, 0.3) is 11.1 Å².